The Morgan fingerprint density at radius 3 is 2.38 bits per heavy atom. The number of hydrogen-bond donors (Lipinski definition) is 1. The molecule has 1 amide bonds. The predicted octanol–water partition coefficient (Wildman–Crippen LogP) is 5.18. The van der Waals surface area contributed by atoms with E-state index in [2.05, 4.69) is 41.4 Å². The van der Waals surface area contributed by atoms with Crippen LogP contribution in [0.4, 0.5) is 10.5 Å². The number of carbonyl (C=O) groups is 1. The quantitative estimate of drug-likeness (QED) is 0.264. The van der Waals surface area contributed by atoms with Crippen LogP contribution in [-0.2, 0) is 4.74 Å². The van der Waals surface area contributed by atoms with E-state index in [1.165, 1.54) is 17.2 Å². The predicted molar refractivity (Wildman–Crippen MR) is 122 cm³/mol. The highest BCUT2D eigenvalue weighted by Gasteiger charge is 2.28. The summed E-state index contributed by atoms with van der Waals surface area (Å²) in [6.07, 6.45) is -0.148. The third-order valence-corrected chi connectivity index (χ3v) is 5.44. The van der Waals surface area contributed by atoms with Crippen molar-refractivity contribution in [1.29, 1.82) is 0 Å². The van der Waals surface area contributed by atoms with Gasteiger partial charge in [-0.15, -0.1) is 0 Å². The number of nitrogens with zero attached hydrogens (tertiary/aromatic N) is 1. The fraction of sp³-hybridized carbons (Fsp3) is 0.192. The molecule has 0 fully saturated rings. The van der Waals surface area contributed by atoms with E-state index in [1.54, 1.807) is 19.1 Å². The number of hydrogen-bond acceptors (Lipinski definition) is 4. The Balaban J connectivity index is 1.30. The summed E-state index contributed by atoms with van der Waals surface area (Å²) in [7, 11) is 0. The summed E-state index contributed by atoms with van der Waals surface area (Å²) in [5, 5.41) is 13.8. The molecule has 0 atom stereocenters. The smallest absolute Gasteiger partial charge is 0.407 e. The monoisotopic (exact) mass is 426 g/mol. The number of fused-ring (bicyclic) bond motifs is 3. The first kappa shape index (κ1) is 21.1. The van der Waals surface area contributed by atoms with Crippen LogP contribution in [0.15, 0.2) is 66.7 Å². The number of nitro benzene ring substituents is 1. The number of nitro groups is 1. The van der Waals surface area contributed by atoms with Crippen LogP contribution in [0.3, 0.4) is 0 Å². The van der Waals surface area contributed by atoms with Crippen molar-refractivity contribution < 1.29 is 14.5 Å². The molecular weight excluding hydrogens is 404 g/mol. The van der Waals surface area contributed by atoms with Crippen molar-refractivity contribution in [1.82, 2.24) is 5.32 Å². The molecule has 0 spiro atoms. The van der Waals surface area contributed by atoms with Crippen LogP contribution in [0.2, 0.25) is 0 Å². The minimum atomic E-state index is -0.505. The van der Waals surface area contributed by atoms with E-state index in [0.717, 1.165) is 16.7 Å². The minimum absolute atomic E-state index is 0.00929. The molecule has 0 saturated heterocycles. The second kappa shape index (κ2) is 9.36. The molecule has 0 heterocycles. The van der Waals surface area contributed by atoms with Crippen LogP contribution in [-0.4, -0.2) is 24.2 Å². The van der Waals surface area contributed by atoms with Gasteiger partial charge in [0.2, 0.25) is 0 Å². The highest BCUT2D eigenvalue weighted by Crippen LogP contribution is 2.44. The molecule has 0 radical (unpaired) electrons. The molecule has 0 bridgehead atoms. The van der Waals surface area contributed by atoms with Gasteiger partial charge in [0.1, 0.15) is 12.2 Å². The summed E-state index contributed by atoms with van der Waals surface area (Å²) in [4.78, 5) is 22.9. The molecule has 160 valence electrons. The van der Waals surface area contributed by atoms with Gasteiger partial charge in [0.05, 0.1) is 4.92 Å². The molecule has 3 aromatic rings. The van der Waals surface area contributed by atoms with Crippen molar-refractivity contribution in [2.45, 2.75) is 19.3 Å². The lowest BCUT2D eigenvalue weighted by Crippen LogP contribution is -2.26. The van der Waals surface area contributed by atoms with Gasteiger partial charge in [0, 0.05) is 24.9 Å². The number of rotatable bonds is 5. The van der Waals surface area contributed by atoms with E-state index < -0.39 is 11.0 Å². The maximum atomic E-state index is 12.2. The van der Waals surface area contributed by atoms with Crippen LogP contribution in [0.1, 0.15) is 34.6 Å². The maximum Gasteiger partial charge on any atom is 0.407 e. The molecule has 6 nitrogen and oxygen atoms in total. The van der Waals surface area contributed by atoms with E-state index in [1.807, 2.05) is 24.3 Å². The molecule has 1 N–H and O–H groups in total. The van der Waals surface area contributed by atoms with Gasteiger partial charge in [-0.05, 0) is 40.8 Å². The Morgan fingerprint density at radius 2 is 1.72 bits per heavy atom. The fourth-order valence-electron chi connectivity index (χ4n) is 3.93. The number of nitrogens with one attached hydrogen (secondary N) is 1. The van der Waals surface area contributed by atoms with Crippen LogP contribution in [0, 0.1) is 28.9 Å². The molecule has 0 saturated carbocycles. The highest BCUT2D eigenvalue weighted by molar-refractivity contribution is 5.79. The van der Waals surface area contributed by atoms with Gasteiger partial charge in [-0.2, -0.15) is 0 Å². The zero-order chi connectivity index (χ0) is 22.5. The summed E-state index contributed by atoms with van der Waals surface area (Å²) in [6.45, 7) is 2.34. The third kappa shape index (κ3) is 4.47. The van der Waals surface area contributed by atoms with Gasteiger partial charge >= 0.3 is 6.09 Å². The lowest BCUT2D eigenvalue weighted by molar-refractivity contribution is -0.385. The Kier molecular flexibility index (Phi) is 6.18. The Morgan fingerprint density at radius 1 is 1.06 bits per heavy atom. The summed E-state index contributed by atoms with van der Waals surface area (Å²) >= 11 is 0. The molecule has 1 aliphatic rings. The minimum Gasteiger partial charge on any atom is -0.449 e. The number of carbonyl (C=O) groups excluding carboxylic acids is 1. The molecule has 6 heteroatoms. The molecule has 3 aromatic carbocycles. The second-order valence-electron chi connectivity index (χ2n) is 7.58. The number of benzene rings is 3. The zero-order valence-electron chi connectivity index (χ0n) is 17.6. The number of alkyl carbamates (subject to hydrolysis) is 1. The first-order chi connectivity index (χ1) is 15.5. The van der Waals surface area contributed by atoms with Crippen molar-refractivity contribution in [3.8, 4) is 23.0 Å². The van der Waals surface area contributed by atoms with E-state index in [4.69, 9.17) is 4.74 Å². The maximum absolute atomic E-state index is 12.2. The van der Waals surface area contributed by atoms with Gasteiger partial charge in [-0.25, -0.2) is 4.79 Å². The van der Waals surface area contributed by atoms with Crippen molar-refractivity contribution in [2.24, 2.45) is 0 Å². The van der Waals surface area contributed by atoms with Crippen molar-refractivity contribution in [3.05, 3.63) is 99.1 Å². The van der Waals surface area contributed by atoms with Gasteiger partial charge in [0.25, 0.3) is 5.69 Å². The van der Waals surface area contributed by atoms with Gasteiger partial charge < -0.3 is 10.1 Å². The highest BCUT2D eigenvalue weighted by atomic mass is 16.6. The summed E-state index contributed by atoms with van der Waals surface area (Å²) in [6, 6.07) is 21.3. The Labute approximate surface area is 186 Å². The van der Waals surface area contributed by atoms with Crippen molar-refractivity contribution >= 4 is 11.8 Å². The molecule has 4 rings (SSSR count). The van der Waals surface area contributed by atoms with Crippen LogP contribution >= 0.6 is 0 Å². The molecule has 1 aliphatic carbocycles. The molecule has 0 aliphatic heterocycles. The lowest BCUT2D eigenvalue weighted by Gasteiger charge is -2.14. The topological polar surface area (TPSA) is 81.5 Å². The van der Waals surface area contributed by atoms with Gasteiger partial charge in [-0.3, -0.25) is 10.1 Å². The lowest BCUT2D eigenvalue weighted by atomic mass is 9.98. The van der Waals surface area contributed by atoms with Crippen molar-refractivity contribution in [2.75, 3.05) is 13.2 Å². The molecule has 0 unspecified atom stereocenters. The first-order valence-electron chi connectivity index (χ1n) is 10.4. The van der Waals surface area contributed by atoms with E-state index >= 15 is 0 Å². The van der Waals surface area contributed by atoms with Crippen molar-refractivity contribution in [3.63, 3.8) is 0 Å². The summed E-state index contributed by atoms with van der Waals surface area (Å²) in [5.41, 5.74) is 5.83. The largest absolute Gasteiger partial charge is 0.449 e. The fourth-order valence-corrected chi connectivity index (χ4v) is 3.93. The molecular formula is C26H22N2O4. The van der Waals surface area contributed by atoms with Crippen LogP contribution < -0.4 is 5.32 Å². The second-order valence-corrected chi connectivity index (χ2v) is 7.58. The Bertz CT molecular complexity index is 1190. The van der Waals surface area contributed by atoms with Crippen LogP contribution in [0.25, 0.3) is 11.1 Å². The first-order valence-corrected chi connectivity index (χ1v) is 10.4. The standard InChI is InChI=1S/C26H22N2O4/c1-18-13-14-19(25(16-18)28(30)31)8-6-7-15-27-26(29)32-17-24-22-11-4-2-9-20(22)21-10-3-5-12-23(21)24/h2-5,9-14,16,24H,7,15,17H2,1H3,(H,27,29). The average Bonchev–Trinajstić information content (AvgIpc) is 3.12. The SMILES string of the molecule is Cc1ccc(C#CCCNC(=O)OCC2c3ccccc3-c3ccccc32)c([N+](=O)[O-])c1. The van der Waals surface area contributed by atoms with E-state index in [0.29, 0.717) is 18.5 Å². The van der Waals surface area contributed by atoms with E-state index in [-0.39, 0.29) is 18.2 Å². The Hall–Kier alpha value is -4.11. The number of amides is 1. The van der Waals surface area contributed by atoms with E-state index in [9.17, 15) is 14.9 Å². The van der Waals surface area contributed by atoms with Crippen LogP contribution in [0.5, 0.6) is 0 Å². The number of aryl methyl sites for hydroxylation is 1. The van der Waals surface area contributed by atoms with Gasteiger partial charge in [0.15, 0.2) is 0 Å². The normalized spacial score (nSPS) is 11.7. The van der Waals surface area contributed by atoms with Gasteiger partial charge in [-0.1, -0.05) is 66.4 Å². The number of ether oxygens (including phenoxy) is 1. The molecule has 32 heavy (non-hydrogen) atoms. The zero-order valence-corrected chi connectivity index (χ0v) is 17.6. The average molecular weight is 426 g/mol. The molecule has 0 aromatic heterocycles. The summed E-state index contributed by atoms with van der Waals surface area (Å²) in [5.74, 6) is 5.69. The summed E-state index contributed by atoms with van der Waals surface area (Å²) < 4.78 is 5.48. The third-order valence-electron chi connectivity index (χ3n) is 5.44.